The highest BCUT2D eigenvalue weighted by Crippen LogP contribution is 1.84. The van der Waals surface area contributed by atoms with Gasteiger partial charge in [0.2, 0.25) is 5.91 Å². The van der Waals surface area contributed by atoms with Crippen LogP contribution in [0.1, 0.15) is 13.8 Å². The van der Waals surface area contributed by atoms with E-state index in [-0.39, 0.29) is 5.91 Å². The van der Waals surface area contributed by atoms with Gasteiger partial charge in [0.1, 0.15) is 12.1 Å². The first kappa shape index (κ1) is 13.2. The van der Waals surface area contributed by atoms with Gasteiger partial charge in [-0.15, -0.1) is 0 Å². The first-order chi connectivity index (χ1) is 6.88. The SMILES string of the molecule is CNC(=O)C(C)NC(=O)N[C@@H](C)C(=O)O. The van der Waals surface area contributed by atoms with Crippen LogP contribution in [-0.4, -0.2) is 42.1 Å². The Morgan fingerprint density at radius 3 is 1.93 bits per heavy atom. The average molecular weight is 217 g/mol. The second-order valence-corrected chi connectivity index (χ2v) is 3.01. The molecule has 0 radical (unpaired) electrons. The molecular weight excluding hydrogens is 202 g/mol. The Morgan fingerprint density at radius 2 is 1.53 bits per heavy atom. The molecule has 0 bridgehead atoms. The summed E-state index contributed by atoms with van der Waals surface area (Å²) < 4.78 is 0. The van der Waals surface area contributed by atoms with Gasteiger partial charge in [-0.3, -0.25) is 9.59 Å². The zero-order valence-electron chi connectivity index (χ0n) is 8.83. The third-order valence-corrected chi connectivity index (χ3v) is 1.71. The summed E-state index contributed by atoms with van der Waals surface area (Å²) in [4.78, 5) is 32.5. The lowest BCUT2D eigenvalue weighted by Gasteiger charge is -2.14. The predicted octanol–water partition coefficient (Wildman–Crippen LogP) is -1.11. The van der Waals surface area contributed by atoms with Crippen LogP contribution in [0.2, 0.25) is 0 Å². The smallest absolute Gasteiger partial charge is 0.325 e. The molecule has 0 rings (SSSR count). The van der Waals surface area contributed by atoms with Crippen LogP contribution in [0.3, 0.4) is 0 Å². The summed E-state index contributed by atoms with van der Waals surface area (Å²) in [6.45, 7) is 2.82. The maximum absolute atomic E-state index is 11.1. The molecule has 0 saturated heterocycles. The number of carbonyl (C=O) groups is 3. The first-order valence-electron chi connectivity index (χ1n) is 4.40. The Kier molecular flexibility index (Phi) is 5.14. The summed E-state index contributed by atoms with van der Waals surface area (Å²) in [5, 5.41) is 15.3. The van der Waals surface area contributed by atoms with Crippen LogP contribution in [0.15, 0.2) is 0 Å². The van der Waals surface area contributed by atoms with E-state index in [0.29, 0.717) is 0 Å². The number of hydrogen-bond donors (Lipinski definition) is 4. The van der Waals surface area contributed by atoms with E-state index >= 15 is 0 Å². The fourth-order valence-corrected chi connectivity index (χ4v) is 0.779. The Labute approximate surface area is 87.2 Å². The molecule has 7 heteroatoms. The minimum Gasteiger partial charge on any atom is -0.480 e. The largest absolute Gasteiger partial charge is 0.480 e. The molecule has 0 aliphatic heterocycles. The normalized spacial score (nSPS) is 13.5. The number of amides is 3. The molecule has 15 heavy (non-hydrogen) atoms. The van der Waals surface area contributed by atoms with Crippen molar-refractivity contribution in [3.05, 3.63) is 0 Å². The topological polar surface area (TPSA) is 108 Å². The monoisotopic (exact) mass is 217 g/mol. The van der Waals surface area contributed by atoms with Crippen molar-refractivity contribution in [3.63, 3.8) is 0 Å². The number of likely N-dealkylation sites (N-methyl/N-ethyl adjacent to an activating group) is 1. The molecule has 0 heterocycles. The van der Waals surface area contributed by atoms with Gasteiger partial charge < -0.3 is 21.1 Å². The Bertz CT molecular complexity index is 267. The zero-order chi connectivity index (χ0) is 12.0. The summed E-state index contributed by atoms with van der Waals surface area (Å²) in [6, 6.07) is -2.40. The molecule has 3 amide bonds. The second-order valence-electron chi connectivity index (χ2n) is 3.01. The summed E-state index contributed by atoms with van der Waals surface area (Å²) in [7, 11) is 1.44. The van der Waals surface area contributed by atoms with Gasteiger partial charge in [-0.05, 0) is 13.8 Å². The third-order valence-electron chi connectivity index (χ3n) is 1.71. The Morgan fingerprint density at radius 1 is 1.07 bits per heavy atom. The van der Waals surface area contributed by atoms with Crippen LogP contribution >= 0.6 is 0 Å². The van der Waals surface area contributed by atoms with E-state index in [4.69, 9.17) is 5.11 Å². The van der Waals surface area contributed by atoms with Crippen molar-refractivity contribution >= 4 is 17.9 Å². The van der Waals surface area contributed by atoms with Crippen molar-refractivity contribution in [1.29, 1.82) is 0 Å². The van der Waals surface area contributed by atoms with Gasteiger partial charge in [-0.1, -0.05) is 0 Å². The van der Waals surface area contributed by atoms with Gasteiger partial charge in [-0.25, -0.2) is 4.79 Å². The third kappa shape index (κ3) is 4.84. The number of urea groups is 1. The van der Waals surface area contributed by atoms with Crippen LogP contribution in [-0.2, 0) is 9.59 Å². The van der Waals surface area contributed by atoms with E-state index in [2.05, 4.69) is 16.0 Å². The van der Waals surface area contributed by atoms with E-state index < -0.39 is 24.1 Å². The zero-order valence-corrected chi connectivity index (χ0v) is 8.83. The standard InChI is InChI=1S/C8H15N3O4/c1-4(6(12)9-3)10-8(15)11-5(2)7(13)14/h4-5H,1-3H3,(H,9,12)(H,13,14)(H2,10,11,15)/t4?,5-/m0/s1. The summed E-state index contributed by atoms with van der Waals surface area (Å²) >= 11 is 0. The van der Waals surface area contributed by atoms with E-state index in [1.807, 2.05) is 0 Å². The quantitative estimate of drug-likeness (QED) is 0.479. The Hall–Kier alpha value is -1.79. The fourth-order valence-electron chi connectivity index (χ4n) is 0.779. The summed E-state index contributed by atoms with van der Waals surface area (Å²) in [5.41, 5.74) is 0. The maximum atomic E-state index is 11.1. The second kappa shape index (κ2) is 5.84. The highest BCUT2D eigenvalue weighted by molar-refractivity contribution is 5.88. The van der Waals surface area contributed by atoms with E-state index in [0.717, 1.165) is 0 Å². The minimum atomic E-state index is -1.14. The lowest BCUT2D eigenvalue weighted by molar-refractivity contribution is -0.138. The molecule has 0 saturated carbocycles. The number of aliphatic carboxylic acids is 1. The number of carboxylic acids is 1. The summed E-state index contributed by atoms with van der Waals surface area (Å²) in [6.07, 6.45) is 0. The lowest BCUT2D eigenvalue weighted by Crippen LogP contribution is -2.51. The maximum Gasteiger partial charge on any atom is 0.325 e. The summed E-state index contributed by atoms with van der Waals surface area (Å²) in [5.74, 6) is -1.49. The van der Waals surface area contributed by atoms with Crippen LogP contribution < -0.4 is 16.0 Å². The van der Waals surface area contributed by atoms with E-state index in [1.165, 1.54) is 20.9 Å². The number of carbonyl (C=O) groups excluding carboxylic acids is 2. The van der Waals surface area contributed by atoms with E-state index in [9.17, 15) is 14.4 Å². The minimum absolute atomic E-state index is 0.354. The number of carboxylic acid groups (broad SMARTS) is 1. The van der Waals surface area contributed by atoms with Gasteiger partial charge in [0, 0.05) is 7.05 Å². The lowest BCUT2D eigenvalue weighted by atomic mass is 10.3. The number of nitrogens with one attached hydrogen (secondary N) is 3. The molecule has 4 N–H and O–H groups in total. The van der Waals surface area contributed by atoms with Gasteiger partial charge >= 0.3 is 12.0 Å². The van der Waals surface area contributed by atoms with Crippen molar-refractivity contribution in [2.75, 3.05) is 7.05 Å². The molecule has 0 aliphatic carbocycles. The van der Waals surface area contributed by atoms with Crippen molar-refractivity contribution in [2.24, 2.45) is 0 Å². The van der Waals surface area contributed by atoms with E-state index in [1.54, 1.807) is 0 Å². The molecule has 2 atom stereocenters. The molecule has 7 nitrogen and oxygen atoms in total. The molecule has 0 aromatic rings. The van der Waals surface area contributed by atoms with Gasteiger partial charge in [0.05, 0.1) is 0 Å². The molecule has 0 fully saturated rings. The van der Waals surface area contributed by atoms with Crippen LogP contribution in [0.25, 0.3) is 0 Å². The molecular formula is C8H15N3O4. The van der Waals surface area contributed by atoms with Crippen molar-refractivity contribution in [3.8, 4) is 0 Å². The first-order valence-corrected chi connectivity index (χ1v) is 4.40. The molecule has 0 aliphatic rings. The molecule has 0 aromatic heterocycles. The van der Waals surface area contributed by atoms with Gasteiger partial charge in [0.25, 0.3) is 0 Å². The number of rotatable bonds is 4. The van der Waals surface area contributed by atoms with Gasteiger partial charge in [-0.2, -0.15) is 0 Å². The molecule has 0 aromatic carbocycles. The van der Waals surface area contributed by atoms with Crippen LogP contribution in [0, 0.1) is 0 Å². The molecule has 1 unspecified atom stereocenters. The average Bonchev–Trinajstić information content (AvgIpc) is 2.15. The van der Waals surface area contributed by atoms with Crippen molar-refractivity contribution in [2.45, 2.75) is 25.9 Å². The van der Waals surface area contributed by atoms with Crippen molar-refractivity contribution in [1.82, 2.24) is 16.0 Å². The van der Waals surface area contributed by atoms with Crippen LogP contribution in [0.5, 0.6) is 0 Å². The van der Waals surface area contributed by atoms with Gasteiger partial charge in [0.15, 0.2) is 0 Å². The Balaban J connectivity index is 4.04. The predicted molar refractivity (Wildman–Crippen MR) is 52.3 cm³/mol. The van der Waals surface area contributed by atoms with Crippen molar-refractivity contribution < 1.29 is 19.5 Å². The fraction of sp³-hybridized carbons (Fsp3) is 0.625. The molecule has 0 spiro atoms. The van der Waals surface area contributed by atoms with Crippen LogP contribution in [0.4, 0.5) is 4.79 Å². The highest BCUT2D eigenvalue weighted by Gasteiger charge is 2.17. The number of hydrogen-bond acceptors (Lipinski definition) is 3. The molecule has 86 valence electrons. The highest BCUT2D eigenvalue weighted by atomic mass is 16.4.